The van der Waals surface area contributed by atoms with Crippen LogP contribution >= 0.6 is 0 Å². The van der Waals surface area contributed by atoms with E-state index in [1.54, 1.807) is 7.11 Å². The van der Waals surface area contributed by atoms with E-state index in [1.165, 1.54) is 12.8 Å². The molecule has 0 radical (unpaired) electrons. The summed E-state index contributed by atoms with van der Waals surface area (Å²) >= 11 is 0. The highest BCUT2D eigenvalue weighted by atomic mass is 16.5. The Morgan fingerprint density at radius 2 is 2.06 bits per heavy atom. The number of unbranched alkanes of at least 4 members (excludes halogenated alkanes) is 1. The summed E-state index contributed by atoms with van der Waals surface area (Å²) in [5, 5.41) is 0. The van der Waals surface area contributed by atoms with Crippen molar-refractivity contribution in [2.24, 2.45) is 11.8 Å². The highest BCUT2D eigenvalue weighted by Crippen LogP contribution is 2.32. The maximum atomic E-state index is 11.9. The zero-order chi connectivity index (χ0) is 11.8. The zero-order valence-electron chi connectivity index (χ0n) is 10.5. The fraction of sp³-hybridized carbons (Fsp3) is 0.923. The Morgan fingerprint density at radius 3 is 2.62 bits per heavy atom. The van der Waals surface area contributed by atoms with E-state index in [4.69, 9.17) is 9.47 Å². The van der Waals surface area contributed by atoms with E-state index >= 15 is 0 Å². The van der Waals surface area contributed by atoms with E-state index < -0.39 is 0 Å². The van der Waals surface area contributed by atoms with Crippen molar-refractivity contribution in [2.75, 3.05) is 20.3 Å². The van der Waals surface area contributed by atoms with E-state index in [2.05, 4.69) is 6.92 Å². The Morgan fingerprint density at radius 1 is 1.38 bits per heavy atom. The highest BCUT2D eigenvalue weighted by Gasteiger charge is 2.31. The average Bonchev–Trinajstić information content (AvgIpc) is 2.79. The van der Waals surface area contributed by atoms with Gasteiger partial charge in [0.15, 0.2) is 0 Å². The lowest BCUT2D eigenvalue weighted by Gasteiger charge is -2.20. The van der Waals surface area contributed by atoms with Crippen LogP contribution in [0.1, 0.15) is 45.4 Å². The first-order valence-electron chi connectivity index (χ1n) is 6.45. The topological polar surface area (TPSA) is 35.5 Å². The van der Waals surface area contributed by atoms with Crippen molar-refractivity contribution in [3.63, 3.8) is 0 Å². The number of methoxy groups -OCH3 is 1. The molecule has 0 amide bonds. The van der Waals surface area contributed by atoms with Crippen LogP contribution < -0.4 is 0 Å². The van der Waals surface area contributed by atoms with Gasteiger partial charge in [-0.25, -0.2) is 0 Å². The first-order valence-corrected chi connectivity index (χ1v) is 6.45. The summed E-state index contributed by atoms with van der Waals surface area (Å²) in [6.45, 7) is 3.16. The van der Waals surface area contributed by atoms with E-state index in [0.717, 1.165) is 25.7 Å². The minimum atomic E-state index is -0.0535. The first-order chi connectivity index (χ1) is 7.79. The number of esters is 1. The van der Waals surface area contributed by atoms with E-state index in [-0.39, 0.29) is 11.9 Å². The molecule has 1 fully saturated rings. The molecule has 0 saturated heterocycles. The number of carbonyl (C=O) groups is 1. The molecule has 0 aromatic heterocycles. The van der Waals surface area contributed by atoms with Crippen LogP contribution in [-0.2, 0) is 14.3 Å². The predicted molar refractivity (Wildman–Crippen MR) is 63.2 cm³/mol. The van der Waals surface area contributed by atoms with Crippen molar-refractivity contribution < 1.29 is 14.3 Å². The van der Waals surface area contributed by atoms with Crippen molar-refractivity contribution in [3.05, 3.63) is 0 Å². The molecular weight excluding hydrogens is 204 g/mol. The second kappa shape index (κ2) is 7.66. The molecule has 1 saturated carbocycles. The highest BCUT2D eigenvalue weighted by molar-refractivity contribution is 5.73. The van der Waals surface area contributed by atoms with Crippen LogP contribution in [0, 0.1) is 11.8 Å². The Hall–Kier alpha value is -0.570. The fourth-order valence-corrected chi connectivity index (χ4v) is 2.36. The number of hydrogen-bond donors (Lipinski definition) is 0. The van der Waals surface area contributed by atoms with Crippen molar-refractivity contribution in [1.29, 1.82) is 0 Å². The first kappa shape index (κ1) is 13.5. The van der Waals surface area contributed by atoms with Crippen molar-refractivity contribution in [1.82, 2.24) is 0 Å². The van der Waals surface area contributed by atoms with Crippen LogP contribution in [0.25, 0.3) is 0 Å². The van der Waals surface area contributed by atoms with Crippen LogP contribution in [-0.4, -0.2) is 26.3 Å². The summed E-state index contributed by atoms with van der Waals surface area (Å²) in [7, 11) is 1.65. The summed E-state index contributed by atoms with van der Waals surface area (Å²) in [5.74, 6) is 0.389. The molecule has 0 aromatic rings. The van der Waals surface area contributed by atoms with Gasteiger partial charge in [-0.15, -0.1) is 0 Å². The Balaban J connectivity index is 2.38. The van der Waals surface area contributed by atoms with Crippen molar-refractivity contribution in [2.45, 2.75) is 45.4 Å². The molecule has 3 heteroatoms. The van der Waals surface area contributed by atoms with Crippen LogP contribution in [0.15, 0.2) is 0 Å². The summed E-state index contributed by atoms with van der Waals surface area (Å²) in [5.41, 5.74) is 0. The summed E-state index contributed by atoms with van der Waals surface area (Å²) < 4.78 is 10.4. The molecule has 16 heavy (non-hydrogen) atoms. The van der Waals surface area contributed by atoms with Gasteiger partial charge in [-0.2, -0.15) is 0 Å². The van der Waals surface area contributed by atoms with Gasteiger partial charge in [-0.1, -0.05) is 26.2 Å². The van der Waals surface area contributed by atoms with Crippen LogP contribution in [0.3, 0.4) is 0 Å². The molecule has 3 nitrogen and oxygen atoms in total. The monoisotopic (exact) mass is 228 g/mol. The zero-order valence-corrected chi connectivity index (χ0v) is 10.5. The molecule has 0 spiro atoms. The predicted octanol–water partition coefficient (Wildman–Crippen LogP) is 2.78. The molecule has 1 aliphatic carbocycles. The third kappa shape index (κ3) is 4.12. The maximum Gasteiger partial charge on any atom is 0.311 e. The van der Waals surface area contributed by atoms with E-state index in [1.807, 2.05) is 0 Å². The Bertz CT molecular complexity index is 197. The normalized spacial score (nSPS) is 18.6. The minimum absolute atomic E-state index is 0.0376. The number of ether oxygens (including phenoxy) is 2. The molecule has 1 rings (SSSR count). The van der Waals surface area contributed by atoms with E-state index in [9.17, 15) is 4.79 Å². The lowest BCUT2D eigenvalue weighted by Crippen LogP contribution is -2.28. The van der Waals surface area contributed by atoms with Crippen LogP contribution in [0.4, 0.5) is 0 Å². The van der Waals surface area contributed by atoms with Crippen molar-refractivity contribution >= 4 is 5.97 Å². The lowest BCUT2D eigenvalue weighted by molar-refractivity contribution is -0.152. The van der Waals surface area contributed by atoms with Gasteiger partial charge in [0.1, 0.15) is 0 Å². The molecule has 0 aromatic carbocycles. The molecule has 0 heterocycles. The van der Waals surface area contributed by atoms with Crippen molar-refractivity contribution in [3.8, 4) is 0 Å². The largest absolute Gasteiger partial charge is 0.465 e. The fourth-order valence-electron chi connectivity index (χ4n) is 2.36. The number of rotatable bonds is 7. The summed E-state index contributed by atoms with van der Waals surface area (Å²) in [6.07, 6.45) is 6.80. The molecular formula is C13H24O3. The standard InChI is InChI=1S/C13H24O3/c1-3-4-9-16-13(14)12(10-15-2)11-7-5-6-8-11/h11-12H,3-10H2,1-2H3. The molecule has 0 N–H and O–H groups in total. The average molecular weight is 228 g/mol. The van der Waals surface area contributed by atoms with Gasteiger partial charge in [0, 0.05) is 7.11 Å². The van der Waals surface area contributed by atoms with Gasteiger partial charge >= 0.3 is 5.97 Å². The third-order valence-corrected chi connectivity index (χ3v) is 3.36. The van der Waals surface area contributed by atoms with E-state index in [0.29, 0.717) is 19.1 Å². The third-order valence-electron chi connectivity index (χ3n) is 3.36. The molecule has 1 atom stereocenters. The minimum Gasteiger partial charge on any atom is -0.465 e. The summed E-state index contributed by atoms with van der Waals surface area (Å²) in [6, 6.07) is 0. The number of hydrogen-bond acceptors (Lipinski definition) is 3. The molecule has 0 aliphatic heterocycles. The molecule has 0 bridgehead atoms. The van der Waals surface area contributed by atoms with Gasteiger partial charge < -0.3 is 9.47 Å². The number of carbonyl (C=O) groups excluding carboxylic acids is 1. The van der Waals surface area contributed by atoms with Gasteiger partial charge in [0.2, 0.25) is 0 Å². The molecule has 1 aliphatic rings. The second-order valence-corrected chi connectivity index (χ2v) is 4.63. The quantitative estimate of drug-likeness (QED) is 0.496. The smallest absolute Gasteiger partial charge is 0.311 e. The van der Waals surface area contributed by atoms with Gasteiger partial charge in [0.05, 0.1) is 19.1 Å². The Labute approximate surface area is 98.5 Å². The lowest BCUT2D eigenvalue weighted by atomic mass is 9.91. The second-order valence-electron chi connectivity index (χ2n) is 4.63. The van der Waals surface area contributed by atoms with Gasteiger partial charge in [0.25, 0.3) is 0 Å². The SMILES string of the molecule is CCCCOC(=O)C(COC)C1CCCC1. The van der Waals surface area contributed by atoms with Gasteiger partial charge in [-0.05, 0) is 25.2 Å². The summed E-state index contributed by atoms with van der Waals surface area (Å²) in [4.78, 5) is 11.9. The maximum absolute atomic E-state index is 11.9. The van der Waals surface area contributed by atoms with Crippen LogP contribution in [0.5, 0.6) is 0 Å². The Kier molecular flexibility index (Phi) is 6.46. The van der Waals surface area contributed by atoms with Crippen LogP contribution in [0.2, 0.25) is 0 Å². The molecule has 94 valence electrons. The molecule has 1 unspecified atom stereocenters. The van der Waals surface area contributed by atoms with Gasteiger partial charge in [-0.3, -0.25) is 4.79 Å².